The van der Waals surface area contributed by atoms with Gasteiger partial charge in [0.15, 0.2) is 0 Å². The van der Waals surface area contributed by atoms with E-state index in [9.17, 15) is 0 Å². The fourth-order valence-electron chi connectivity index (χ4n) is 2.27. The summed E-state index contributed by atoms with van der Waals surface area (Å²) in [6.45, 7) is 0. The van der Waals surface area contributed by atoms with Gasteiger partial charge in [-0.1, -0.05) is 12.1 Å². The lowest BCUT2D eigenvalue weighted by Gasteiger charge is -2.17. The minimum Gasteiger partial charge on any atom is -0.325 e. The first-order chi connectivity index (χ1) is 7.25. The zero-order chi connectivity index (χ0) is 10.3. The lowest BCUT2D eigenvalue weighted by molar-refractivity contribution is 0.670. The van der Waals surface area contributed by atoms with E-state index in [1.807, 2.05) is 11.8 Å². The van der Waals surface area contributed by atoms with Crippen LogP contribution in [-0.2, 0) is 12.8 Å². The van der Waals surface area contributed by atoms with Crippen LogP contribution in [-0.4, -0.2) is 11.3 Å². The van der Waals surface area contributed by atoms with Gasteiger partial charge in [0.1, 0.15) is 0 Å². The standard InChI is InChI=1S/C13H17NS/c14-13(5-6-13)9-10-3-4-12-11(8-10)2-1-7-15-12/h3-4,8H,1-2,5-7,9,14H2. The van der Waals surface area contributed by atoms with E-state index in [4.69, 9.17) is 5.73 Å². The third-order valence-corrected chi connectivity index (χ3v) is 4.62. The molecular weight excluding hydrogens is 202 g/mol. The van der Waals surface area contributed by atoms with Gasteiger partial charge >= 0.3 is 0 Å². The third-order valence-electron chi connectivity index (χ3n) is 3.42. The number of benzene rings is 1. The average molecular weight is 219 g/mol. The highest BCUT2D eigenvalue weighted by Gasteiger charge is 2.37. The number of hydrogen-bond acceptors (Lipinski definition) is 2. The fraction of sp³-hybridized carbons (Fsp3) is 0.538. The van der Waals surface area contributed by atoms with Crippen LogP contribution in [0.5, 0.6) is 0 Å². The Bertz CT molecular complexity index is 382. The maximum absolute atomic E-state index is 6.15. The summed E-state index contributed by atoms with van der Waals surface area (Å²) in [5, 5.41) is 0. The van der Waals surface area contributed by atoms with Crippen LogP contribution < -0.4 is 5.73 Å². The summed E-state index contributed by atoms with van der Waals surface area (Å²) in [7, 11) is 0. The molecule has 1 saturated carbocycles. The molecule has 1 aromatic carbocycles. The van der Waals surface area contributed by atoms with Gasteiger partial charge in [-0.25, -0.2) is 0 Å². The molecule has 3 rings (SSSR count). The SMILES string of the molecule is NC1(Cc2ccc3c(c2)CCCS3)CC1. The van der Waals surface area contributed by atoms with Gasteiger partial charge in [-0.2, -0.15) is 0 Å². The Hall–Kier alpha value is -0.470. The zero-order valence-corrected chi connectivity index (χ0v) is 9.78. The summed E-state index contributed by atoms with van der Waals surface area (Å²) in [6, 6.07) is 6.94. The fourth-order valence-corrected chi connectivity index (χ4v) is 3.29. The van der Waals surface area contributed by atoms with Crippen LogP contribution in [0, 0.1) is 0 Å². The van der Waals surface area contributed by atoms with Gasteiger partial charge in [-0.05, 0) is 55.1 Å². The quantitative estimate of drug-likeness (QED) is 0.827. The summed E-state index contributed by atoms with van der Waals surface area (Å²) in [5.74, 6) is 1.28. The van der Waals surface area contributed by atoms with Gasteiger partial charge in [0.2, 0.25) is 0 Å². The third kappa shape index (κ3) is 2.06. The first-order valence-corrected chi connectivity index (χ1v) is 6.77. The van der Waals surface area contributed by atoms with Crippen molar-refractivity contribution < 1.29 is 0 Å². The highest BCUT2D eigenvalue weighted by atomic mass is 32.2. The molecule has 80 valence electrons. The van der Waals surface area contributed by atoms with Crippen LogP contribution in [0.2, 0.25) is 0 Å². The number of nitrogens with two attached hydrogens (primary N) is 1. The van der Waals surface area contributed by atoms with Crippen LogP contribution in [0.25, 0.3) is 0 Å². The molecule has 1 nitrogen and oxygen atoms in total. The van der Waals surface area contributed by atoms with Crippen molar-refractivity contribution in [2.24, 2.45) is 5.73 Å². The number of rotatable bonds is 2. The molecule has 0 unspecified atom stereocenters. The Labute approximate surface area is 95.4 Å². The van der Waals surface area contributed by atoms with E-state index < -0.39 is 0 Å². The molecule has 2 heteroatoms. The van der Waals surface area contributed by atoms with Gasteiger partial charge in [0.25, 0.3) is 0 Å². The molecule has 1 aromatic rings. The molecule has 0 bridgehead atoms. The van der Waals surface area contributed by atoms with Crippen molar-refractivity contribution in [1.82, 2.24) is 0 Å². The largest absolute Gasteiger partial charge is 0.325 e. The van der Waals surface area contributed by atoms with Crippen molar-refractivity contribution in [2.45, 2.75) is 42.5 Å². The molecule has 0 saturated heterocycles. The van der Waals surface area contributed by atoms with E-state index in [2.05, 4.69) is 18.2 Å². The van der Waals surface area contributed by atoms with E-state index >= 15 is 0 Å². The maximum Gasteiger partial charge on any atom is 0.0196 e. The Morgan fingerprint density at radius 3 is 3.00 bits per heavy atom. The second-order valence-corrected chi connectivity index (χ2v) is 6.07. The van der Waals surface area contributed by atoms with Crippen LogP contribution in [0.4, 0.5) is 0 Å². The lowest BCUT2D eigenvalue weighted by atomic mass is 10.0. The van der Waals surface area contributed by atoms with Crippen molar-refractivity contribution in [1.29, 1.82) is 0 Å². The van der Waals surface area contributed by atoms with Crippen molar-refractivity contribution in [3.8, 4) is 0 Å². The Balaban J connectivity index is 1.84. The Morgan fingerprint density at radius 2 is 2.20 bits per heavy atom. The topological polar surface area (TPSA) is 26.0 Å². The van der Waals surface area contributed by atoms with E-state index in [1.165, 1.54) is 41.9 Å². The molecule has 1 aliphatic carbocycles. The van der Waals surface area contributed by atoms with Gasteiger partial charge < -0.3 is 5.73 Å². The molecule has 1 heterocycles. The minimum atomic E-state index is 0.149. The van der Waals surface area contributed by atoms with E-state index in [1.54, 1.807) is 5.56 Å². The first kappa shape index (κ1) is 9.73. The summed E-state index contributed by atoms with van der Waals surface area (Å²) in [5.41, 5.74) is 9.29. The molecule has 0 spiro atoms. The van der Waals surface area contributed by atoms with Gasteiger partial charge in [-0.15, -0.1) is 11.8 Å². The van der Waals surface area contributed by atoms with Crippen LogP contribution in [0.15, 0.2) is 23.1 Å². The number of aryl methyl sites for hydroxylation is 1. The van der Waals surface area contributed by atoms with Gasteiger partial charge in [0.05, 0.1) is 0 Å². The predicted molar refractivity (Wildman–Crippen MR) is 65.3 cm³/mol. The molecule has 2 N–H and O–H groups in total. The van der Waals surface area contributed by atoms with Crippen molar-refractivity contribution in [2.75, 3.05) is 5.75 Å². The number of hydrogen-bond donors (Lipinski definition) is 1. The highest BCUT2D eigenvalue weighted by Crippen LogP contribution is 2.37. The van der Waals surface area contributed by atoms with Crippen molar-refractivity contribution >= 4 is 11.8 Å². The summed E-state index contributed by atoms with van der Waals surface area (Å²) in [6.07, 6.45) is 6.07. The number of thioether (sulfide) groups is 1. The molecule has 0 atom stereocenters. The summed E-state index contributed by atoms with van der Waals surface area (Å²) in [4.78, 5) is 1.49. The molecule has 15 heavy (non-hydrogen) atoms. The predicted octanol–water partition coefficient (Wildman–Crippen LogP) is 2.76. The van der Waals surface area contributed by atoms with Crippen molar-refractivity contribution in [3.05, 3.63) is 29.3 Å². The van der Waals surface area contributed by atoms with Gasteiger partial charge in [-0.3, -0.25) is 0 Å². The molecule has 0 radical (unpaired) electrons. The van der Waals surface area contributed by atoms with Gasteiger partial charge in [0, 0.05) is 10.4 Å². The minimum absolute atomic E-state index is 0.149. The Morgan fingerprint density at radius 1 is 1.33 bits per heavy atom. The molecule has 0 amide bonds. The molecule has 1 fully saturated rings. The first-order valence-electron chi connectivity index (χ1n) is 5.79. The monoisotopic (exact) mass is 219 g/mol. The number of fused-ring (bicyclic) bond motifs is 1. The van der Waals surface area contributed by atoms with Crippen LogP contribution in [0.3, 0.4) is 0 Å². The molecule has 1 aliphatic heterocycles. The normalized spacial score (nSPS) is 22.2. The average Bonchev–Trinajstić information content (AvgIpc) is 2.96. The van der Waals surface area contributed by atoms with E-state index in [0.29, 0.717) is 0 Å². The lowest BCUT2D eigenvalue weighted by Crippen LogP contribution is -2.24. The second-order valence-electron chi connectivity index (χ2n) is 4.93. The summed E-state index contributed by atoms with van der Waals surface area (Å²) >= 11 is 2.00. The molecule has 2 aliphatic rings. The van der Waals surface area contributed by atoms with Crippen LogP contribution >= 0.6 is 11.8 Å². The second kappa shape index (κ2) is 3.53. The smallest absolute Gasteiger partial charge is 0.0196 e. The van der Waals surface area contributed by atoms with E-state index in [-0.39, 0.29) is 5.54 Å². The molecule has 0 aromatic heterocycles. The van der Waals surface area contributed by atoms with E-state index in [0.717, 1.165) is 6.42 Å². The van der Waals surface area contributed by atoms with Crippen molar-refractivity contribution in [3.63, 3.8) is 0 Å². The van der Waals surface area contributed by atoms with Crippen LogP contribution in [0.1, 0.15) is 30.4 Å². The Kier molecular flexibility index (Phi) is 2.29. The highest BCUT2D eigenvalue weighted by molar-refractivity contribution is 7.99. The summed E-state index contributed by atoms with van der Waals surface area (Å²) < 4.78 is 0. The zero-order valence-electron chi connectivity index (χ0n) is 8.96. The maximum atomic E-state index is 6.15. The molecular formula is C13H17NS.